The second kappa shape index (κ2) is 14.4. The van der Waals surface area contributed by atoms with E-state index in [1.165, 1.54) is 0 Å². The van der Waals surface area contributed by atoms with Crippen molar-refractivity contribution in [3.05, 3.63) is 51.5 Å². The molecule has 172 valence electrons. The van der Waals surface area contributed by atoms with Crippen LogP contribution in [0.1, 0.15) is 53.3 Å². The highest BCUT2D eigenvalue weighted by Gasteiger charge is 2.08. The van der Waals surface area contributed by atoms with Gasteiger partial charge in [-0.05, 0) is 44.6 Å². The van der Waals surface area contributed by atoms with Gasteiger partial charge in [0.1, 0.15) is 5.01 Å². The van der Waals surface area contributed by atoms with Crippen LogP contribution in [0, 0.1) is 0 Å². The summed E-state index contributed by atoms with van der Waals surface area (Å²) in [5.74, 6) is 1.11. The molecule has 1 heterocycles. The summed E-state index contributed by atoms with van der Waals surface area (Å²) >= 11 is 1.66. The van der Waals surface area contributed by atoms with Crippen LogP contribution in [-0.2, 0) is 13.1 Å². The van der Waals surface area contributed by atoms with Crippen molar-refractivity contribution in [1.29, 1.82) is 0 Å². The molecule has 0 fully saturated rings. The summed E-state index contributed by atoms with van der Waals surface area (Å²) in [6, 6.07) is 7.61. The molecule has 0 saturated heterocycles. The predicted molar refractivity (Wildman–Crippen MR) is 141 cm³/mol. The maximum Gasteiger partial charge on any atom is 0.251 e. The van der Waals surface area contributed by atoms with E-state index in [2.05, 4.69) is 45.2 Å². The summed E-state index contributed by atoms with van der Waals surface area (Å²) in [4.78, 5) is 23.7. The number of nitrogens with one attached hydrogen (secondary N) is 3. The number of hydrogen-bond acceptors (Lipinski definition) is 5. The number of halogens is 1. The van der Waals surface area contributed by atoms with Crippen LogP contribution in [0.25, 0.3) is 0 Å². The molecule has 0 radical (unpaired) electrons. The minimum absolute atomic E-state index is 0. The maximum atomic E-state index is 12.3. The van der Waals surface area contributed by atoms with Gasteiger partial charge in [0.15, 0.2) is 5.96 Å². The average molecular weight is 559 g/mol. The van der Waals surface area contributed by atoms with Crippen molar-refractivity contribution in [3.63, 3.8) is 0 Å². The lowest BCUT2D eigenvalue weighted by atomic mass is 10.1. The summed E-state index contributed by atoms with van der Waals surface area (Å²) in [6.45, 7) is 9.66. The number of thiazole rings is 1. The number of amides is 1. The van der Waals surface area contributed by atoms with Crippen LogP contribution < -0.4 is 16.0 Å². The first-order chi connectivity index (χ1) is 14.4. The molecule has 0 saturated carbocycles. The van der Waals surface area contributed by atoms with Crippen LogP contribution in [0.3, 0.4) is 0 Å². The Balaban J connectivity index is 0.00000480. The minimum Gasteiger partial charge on any atom is -0.357 e. The van der Waals surface area contributed by atoms with Crippen LogP contribution in [0.15, 0.2) is 34.6 Å². The topological polar surface area (TPSA) is 81.7 Å². The Morgan fingerprint density at radius 1 is 1.23 bits per heavy atom. The first-order valence-corrected chi connectivity index (χ1v) is 11.2. The average Bonchev–Trinajstić information content (AvgIpc) is 3.19. The fourth-order valence-electron chi connectivity index (χ4n) is 2.65. The van der Waals surface area contributed by atoms with E-state index in [0.29, 0.717) is 31.1 Å². The fraction of sp³-hybridized carbons (Fsp3) is 0.500. The highest BCUT2D eigenvalue weighted by molar-refractivity contribution is 14.0. The summed E-state index contributed by atoms with van der Waals surface area (Å²) in [6.07, 6.45) is 0. The van der Waals surface area contributed by atoms with E-state index in [1.54, 1.807) is 11.3 Å². The van der Waals surface area contributed by atoms with Crippen LogP contribution in [0.5, 0.6) is 0 Å². The summed E-state index contributed by atoms with van der Waals surface area (Å²) in [5, 5.41) is 12.7. The molecule has 31 heavy (non-hydrogen) atoms. The van der Waals surface area contributed by atoms with Gasteiger partial charge in [0, 0.05) is 30.6 Å². The van der Waals surface area contributed by atoms with E-state index in [0.717, 1.165) is 35.3 Å². The van der Waals surface area contributed by atoms with Gasteiger partial charge >= 0.3 is 0 Å². The molecular weight excluding hydrogens is 523 g/mol. The van der Waals surface area contributed by atoms with Gasteiger partial charge < -0.3 is 20.9 Å². The molecule has 1 aromatic heterocycles. The number of hydrogen-bond donors (Lipinski definition) is 3. The van der Waals surface area contributed by atoms with Crippen molar-refractivity contribution in [3.8, 4) is 0 Å². The number of likely N-dealkylation sites (N-methyl/N-ethyl adjacent to an activating group) is 1. The van der Waals surface area contributed by atoms with Crippen molar-refractivity contribution in [1.82, 2.24) is 25.8 Å². The van der Waals surface area contributed by atoms with E-state index >= 15 is 0 Å². The molecule has 0 aliphatic rings. The molecule has 2 aromatic rings. The largest absolute Gasteiger partial charge is 0.357 e. The first kappa shape index (κ1) is 27.3. The van der Waals surface area contributed by atoms with E-state index in [1.807, 2.05) is 50.2 Å². The van der Waals surface area contributed by atoms with Gasteiger partial charge in [-0.15, -0.1) is 35.3 Å². The van der Waals surface area contributed by atoms with E-state index in [4.69, 9.17) is 0 Å². The highest BCUT2D eigenvalue weighted by atomic mass is 127. The SMILES string of the molecule is CCNC(=NCc1cccc(C(=O)NCCN(C)C)c1)NCc1nc(C(C)C)cs1.I. The van der Waals surface area contributed by atoms with Gasteiger partial charge in [-0.1, -0.05) is 26.0 Å². The number of carbonyl (C=O) groups is 1. The van der Waals surface area contributed by atoms with Crippen molar-refractivity contribution in [2.45, 2.75) is 39.8 Å². The number of aliphatic imine (C=N–C) groups is 1. The highest BCUT2D eigenvalue weighted by Crippen LogP contribution is 2.17. The van der Waals surface area contributed by atoms with E-state index in [-0.39, 0.29) is 29.9 Å². The van der Waals surface area contributed by atoms with Crippen molar-refractivity contribution in [2.75, 3.05) is 33.7 Å². The molecule has 0 aliphatic carbocycles. The van der Waals surface area contributed by atoms with Gasteiger partial charge in [-0.25, -0.2) is 9.98 Å². The van der Waals surface area contributed by atoms with Crippen molar-refractivity contribution >= 4 is 47.2 Å². The second-order valence-corrected chi connectivity index (χ2v) is 8.57. The Labute approximate surface area is 207 Å². The Morgan fingerprint density at radius 2 is 2.00 bits per heavy atom. The first-order valence-electron chi connectivity index (χ1n) is 10.4. The number of benzene rings is 1. The number of guanidine groups is 1. The lowest BCUT2D eigenvalue weighted by Gasteiger charge is -2.11. The zero-order chi connectivity index (χ0) is 21.9. The van der Waals surface area contributed by atoms with Crippen LogP contribution >= 0.6 is 35.3 Å². The Hall–Kier alpha value is -1.72. The molecule has 2 rings (SSSR count). The van der Waals surface area contributed by atoms with Crippen molar-refractivity contribution < 1.29 is 4.79 Å². The quantitative estimate of drug-likeness (QED) is 0.237. The molecule has 0 atom stereocenters. The minimum atomic E-state index is -0.0579. The molecule has 0 bridgehead atoms. The molecule has 3 N–H and O–H groups in total. The summed E-state index contributed by atoms with van der Waals surface area (Å²) in [7, 11) is 3.97. The predicted octanol–water partition coefficient (Wildman–Crippen LogP) is 3.43. The normalized spacial score (nSPS) is 11.4. The number of aromatic nitrogens is 1. The van der Waals surface area contributed by atoms with Gasteiger partial charge in [-0.3, -0.25) is 4.79 Å². The third kappa shape index (κ3) is 9.96. The molecule has 0 unspecified atom stereocenters. The van der Waals surface area contributed by atoms with E-state index in [9.17, 15) is 4.79 Å². The van der Waals surface area contributed by atoms with Crippen molar-refractivity contribution in [2.24, 2.45) is 4.99 Å². The molecule has 0 aliphatic heterocycles. The van der Waals surface area contributed by atoms with Crippen LogP contribution in [0.2, 0.25) is 0 Å². The molecule has 0 spiro atoms. The maximum absolute atomic E-state index is 12.3. The summed E-state index contributed by atoms with van der Waals surface area (Å²) in [5.41, 5.74) is 2.77. The Morgan fingerprint density at radius 3 is 2.65 bits per heavy atom. The van der Waals surface area contributed by atoms with Gasteiger partial charge in [0.25, 0.3) is 5.91 Å². The second-order valence-electron chi connectivity index (χ2n) is 7.63. The monoisotopic (exact) mass is 558 g/mol. The smallest absolute Gasteiger partial charge is 0.251 e. The number of nitrogens with zero attached hydrogens (tertiary/aromatic N) is 3. The zero-order valence-electron chi connectivity index (χ0n) is 19.1. The molecule has 7 nitrogen and oxygen atoms in total. The molecule has 9 heteroatoms. The standard InChI is InChI=1S/C22H34N6OS.HI/c1-6-23-22(26-14-20-27-19(15-30-20)16(2)3)25-13-17-8-7-9-18(12-17)21(29)24-10-11-28(4)5;/h7-9,12,15-16H,6,10-11,13-14H2,1-5H3,(H,24,29)(H2,23,25,26);1H. The zero-order valence-corrected chi connectivity index (χ0v) is 22.2. The number of carbonyl (C=O) groups excluding carboxylic acids is 1. The third-order valence-electron chi connectivity index (χ3n) is 4.37. The Kier molecular flexibility index (Phi) is 12.7. The van der Waals surface area contributed by atoms with Crippen LogP contribution in [0.4, 0.5) is 0 Å². The summed E-state index contributed by atoms with van der Waals surface area (Å²) < 4.78 is 0. The number of rotatable bonds is 10. The van der Waals surface area contributed by atoms with Gasteiger partial charge in [0.2, 0.25) is 0 Å². The third-order valence-corrected chi connectivity index (χ3v) is 5.23. The lowest BCUT2D eigenvalue weighted by molar-refractivity contribution is 0.0951. The van der Waals surface area contributed by atoms with Gasteiger partial charge in [-0.2, -0.15) is 0 Å². The Bertz CT molecular complexity index is 837. The van der Waals surface area contributed by atoms with E-state index < -0.39 is 0 Å². The molecule has 1 aromatic carbocycles. The van der Waals surface area contributed by atoms with Gasteiger partial charge in [0.05, 0.1) is 18.8 Å². The molecular formula is C22H35IN6OS. The lowest BCUT2D eigenvalue weighted by Crippen LogP contribution is -2.36. The van der Waals surface area contributed by atoms with Crippen LogP contribution in [-0.4, -0.2) is 55.5 Å². The molecule has 1 amide bonds. The fourth-order valence-corrected chi connectivity index (χ4v) is 3.54.